The van der Waals surface area contributed by atoms with Gasteiger partial charge in [-0.15, -0.1) is 0 Å². The summed E-state index contributed by atoms with van der Waals surface area (Å²) < 4.78 is 48.2. The fourth-order valence-corrected chi connectivity index (χ4v) is 4.36. The summed E-state index contributed by atoms with van der Waals surface area (Å²) in [5, 5.41) is 4.52. The van der Waals surface area contributed by atoms with Crippen molar-refractivity contribution < 1.29 is 26.8 Å². The lowest BCUT2D eigenvalue weighted by Crippen LogP contribution is -2.28. The minimum atomic E-state index is -4.70. The number of nitrogens with one attached hydrogen (secondary N) is 1. The fourth-order valence-electron chi connectivity index (χ4n) is 3.63. The molecule has 3 aromatic rings. The van der Waals surface area contributed by atoms with Gasteiger partial charge in [0.25, 0.3) is 0 Å². The van der Waals surface area contributed by atoms with E-state index in [1.54, 1.807) is 4.90 Å². The van der Waals surface area contributed by atoms with Crippen molar-refractivity contribution in [2.24, 2.45) is 5.92 Å². The largest absolute Gasteiger partial charge is 0.341 e. The Hall–Kier alpha value is -3.33. The molecular formula is C22H18F2N2O4S. The molecule has 1 heterocycles. The van der Waals surface area contributed by atoms with Crippen molar-refractivity contribution in [3.63, 3.8) is 0 Å². The van der Waals surface area contributed by atoms with Gasteiger partial charge in [0.1, 0.15) is 0 Å². The van der Waals surface area contributed by atoms with Crippen LogP contribution in [0.5, 0.6) is 0 Å². The van der Waals surface area contributed by atoms with Gasteiger partial charge in [0.15, 0.2) is 0 Å². The lowest BCUT2D eigenvalue weighted by atomic mass is 10.1. The summed E-state index contributed by atoms with van der Waals surface area (Å²) in [6.07, 6.45) is 0.0346. The molecule has 160 valence electrons. The lowest BCUT2D eigenvalue weighted by molar-refractivity contribution is -0.122. The molecule has 31 heavy (non-hydrogen) atoms. The normalized spacial score (nSPS) is 16.8. The summed E-state index contributed by atoms with van der Waals surface area (Å²) in [5.41, 5.74) is 0.995. The van der Waals surface area contributed by atoms with Crippen LogP contribution < -0.4 is 10.2 Å². The zero-order valence-corrected chi connectivity index (χ0v) is 17.0. The molecule has 6 nitrogen and oxygen atoms in total. The Morgan fingerprint density at radius 3 is 2.39 bits per heavy atom. The zero-order valence-electron chi connectivity index (χ0n) is 16.2. The van der Waals surface area contributed by atoms with Gasteiger partial charge in [-0.05, 0) is 35.7 Å². The molecule has 0 aliphatic carbocycles. The lowest BCUT2D eigenvalue weighted by Gasteiger charge is -2.19. The van der Waals surface area contributed by atoms with Gasteiger partial charge < -0.3 is 10.2 Å². The van der Waals surface area contributed by atoms with Crippen LogP contribution in [0.2, 0.25) is 0 Å². The number of sulfone groups is 1. The molecule has 1 fully saturated rings. The molecule has 4 rings (SSSR count). The molecule has 2 amide bonds. The van der Waals surface area contributed by atoms with Crippen LogP contribution >= 0.6 is 0 Å². The molecule has 1 atom stereocenters. The van der Waals surface area contributed by atoms with Crippen molar-refractivity contribution in [2.75, 3.05) is 16.8 Å². The van der Waals surface area contributed by atoms with Crippen molar-refractivity contribution >= 4 is 43.8 Å². The Balaban J connectivity index is 1.49. The molecule has 0 aromatic heterocycles. The van der Waals surface area contributed by atoms with Crippen LogP contribution in [-0.4, -0.2) is 32.5 Å². The molecule has 0 saturated carbocycles. The third-order valence-electron chi connectivity index (χ3n) is 5.24. The van der Waals surface area contributed by atoms with Gasteiger partial charge in [-0.25, -0.2) is 8.42 Å². The summed E-state index contributed by atoms with van der Waals surface area (Å²) in [5.74, 6) is -4.69. The standard InChI is InChI=1S/C22H18F2N2O4S/c23-22(24)31(29,30)17-10-8-16(9-11-17)25-21(28)15-12-20(27)26(13-15)19-7-3-5-14-4-1-2-6-18(14)19/h1-11,15,22H,12-13H2,(H,25,28)/t15-/m0/s1. The van der Waals surface area contributed by atoms with E-state index in [0.717, 1.165) is 28.6 Å². The highest BCUT2D eigenvalue weighted by Crippen LogP contribution is 2.32. The number of anilines is 2. The third kappa shape index (κ3) is 4.00. The van der Waals surface area contributed by atoms with Gasteiger partial charge in [0, 0.05) is 24.0 Å². The smallest absolute Gasteiger partial charge is 0.326 e. The van der Waals surface area contributed by atoms with E-state index in [2.05, 4.69) is 5.32 Å². The molecule has 0 spiro atoms. The molecule has 9 heteroatoms. The number of halogens is 2. The van der Waals surface area contributed by atoms with Crippen molar-refractivity contribution in [2.45, 2.75) is 17.1 Å². The van der Waals surface area contributed by atoms with Crippen LogP contribution in [0.15, 0.2) is 71.6 Å². The Morgan fingerprint density at radius 1 is 1.00 bits per heavy atom. The first kappa shape index (κ1) is 20.9. The monoisotopic (exact) mass is 444 g/mol. The predicted molar refractivity (Wildman–Crippen MR) is 113 cm³/mol. The summed E-state index contributed by atoms with van der Waals surface area (Å²) in [4.78, 5) is 26.3. The molecule has 0 radical (unpaired) electrons. The number of alkyl halides is 2. The molecule has 3 aromatic carbocycles. The Kier molecular flexibility index (Phi) is 5.45. The number of carbonyl (C=O) groups is 2. The SMILES string of the molecule is O=C(Nc1ccc(S(=O)(=O)C(F)F)cc1)[C@H]1CC(=O)N(c2cccc3ccccc23)C1. The van der Waals surface area contributed by atoms with Gasteiger partial charge in [0.2, 0.25) is 21.7 Å². The van der Waals surface area contributed by atoms with Gasteiger partial charge >= 0.3 is 5.76 Å². The van der Waals surface area contributed by atoms with E-state index in [-0.39, 0.29) is 24.6 Å². The highest BCUT2D eigenvalue weighted by atomic mass is 32.2. The van der Waals surface area contributed by atoms with Crippen molar-refractivity contribution in [1.29, 1.82) is 0 Å². The van der Waals surface area contributed by atoms with Crippen LogP contribution in [0.3, 0.4) is 0 Å². The van der Waals surface area contributed by atoms with Crippen LogP contribution in [0, 0.1) is 5.92 Å². The summed E-state index contributed by atoms with van der Waals surface area (Å²) in [6, 6.07) is 17.8. The summed E-state index contributed by atoms with van der Waals surface area (Å²) >= 11 is 0. The molecule has 1 N–H and O–H groups in total. The Morgan fingerprint density at radius 2 is 1.68 bits per heavy atom. The number of nitrogens with zero attached hydrogens (tertiary/aromatic N) is 1. The summed E-state index contributed by atoms with van der Waals surface area (Å²) in [6.45, 7) is 0.205. The second-order valence-corrected chi connectivity index (χ2v) is 9.14. The van der Waals surface area contributed by atoms with Gasteiger partial charge in [-0.1, -0.05) is 36.4 Å². The first-order valence-electron chi connectivity index (χ1n) is 9.48. The fraction of sp³-hybridized carbons (Fsp3) is 0.182. The van der Waals surface area contributed by atoms with E-state index >= 15 is 0 Å². The zero-order chi connectivity index (χ0) is 22.2. The number of hydrogen-bond donors (Lipinski definition) is 1. The van der Waals surface area contributed by atoms with Crippen LogP contribution in [0.1, 0.15) is 6.42 Å². The molecule has 1 saturated heterocycles. The van der Waals surface area contributed by atoms with E-state index < -0.39 is 32.3 Å². The van der Waals surface area contributed by atoms with Crippen LogP contribution in [0.4, 0.5) is 20.2 Å². The minimum absolute atomic E-state index is 0.0346. The Labute approximate surface area is 177 Å². The van der Waals surface area contributed by atoms with Gasteiger partial charge in [-0.3, -0.25) is 9.59 Å². The Bertz CT molecular complexity index is 1250. The number of carbonyl (C=O) groups excluding carboxylic acids is 2. The average Bonchev–Trinajstić information content (AvgIpc) is 3.15. The van der Waals surface area contributed by atoms with Crippen molar-refractivity contribution in [3.8, 4) is 0 Å². The number of amides is 2. The van der Waals surface area contributed by atoms with E-state index in [1.807, 2.05) is 42.5 Å². The quantitative estimate of drug-likeness (QED) is 0.648. The number of fused-ring (bicyclic) bond motifs is 1. The number of rotatable bonds is 5. The maximum absolute atomic E-state index is 12.7. The van der Waals surface area contributed by atoms with Crippen LogP contribution in [0.25, 0.3) is 10.8 Å². The average molecular weight is 444 g/mol. The molecule has 0 bridgehead atoms. The number of benzene rings is 3. The molecule has 0 unspecified atom stereocenters. The van der Waals surface area contributed by atoms with Crippen LogP contribution in [-0.2, 0) is 19.4 Å². The minimum Gasteiger partial charge on any atom is -0.326 e. The first-order chi connectivity index (χ1) is 14.8. The second kappa shape index (κ2) is 8.07. The second-order valence-electron chi connectivity index (χ2n) is 7.22. The molecule has 1 aliphatic heterocycles. The van der Waals surface area contributed by atoms with E-state index in [1.165, 1.54) is 12.1 Å². The van der Waals surface area contributed by atoms with Crippen molar-refractivity contribution in [3.05, 3.63) is 66.7 Å². The van der Waals surface area contributed by atoms with E-state index in [4.69, 9.17) is 0 Å². The third-order valence-corrected chi connectivity index (χ3v) is 6.64. The molecule has 1 aliphatic rings. The van der Waals surface area contributed by atoms with E-state index in [9.17, 15) is 26.8 Å². The predicted octanol–water partition coefficient (Wildman–Crippen LogP) is 3.83. The molecular weight excluding hydrogens is 426 g/mol. The van der Waals surface area contributed by atoms with Crippen molar-refractivity contribution in [1.82, 2.24) is 0 Å². The highest BCUT2D eigenvalue weighted by Gasteiger charge is 2.36. The van der Waals surface area contributed by atoms with Gasteiger partial charge in [-0.2, -0.15) is 8.78 Å². The highest BCUT2D eigenvalue weighted by molar-refractivity contribution is 7.91. The van der Waals surface area contributed by atoms with E-state index in [0.29, 0.717) is 0 Å². The first-order valence-corrected chi connectivity index (χ1v) is 11.0. The summed E-state index contributed by atoms with van der Waals surface area (Å²) in [7, 11) is -4.70. The van der Waals surface area contributed by atoms with Gasteiger partial charge in [0.05, 0.1) is 16.5 Å². The topological polar surface area (TPSA) is 83.5 Å². The maximum Gasteiger partial charge on any atom is 0.341 e. The number of hydrogen-bond acceptors (Lipinski definition) is 4. The maximum atomic E-state index is 12.7.